The van der Waals surface area contributed by atoms with Crippen molar-refractivity contribution in [2.75, 3.05) is 38.1 Å². The number of ether oxygens (including phenoxy) is 1. The van der Waals surface area contributed by atoms with Crippen molar-refractivity contribution in [1.29, 1.82) is 0 Å². The van der Waals surface area contributed by atoms with Gasteiger partial charge in [0.05, 0.1) is 6.54 Å². The van der Waals surface area contributed by atoms with E-state index in [0.29, 0.717) is 32.0 Å². The van der Waals surface area contributed by atoms with E-state index >= 15 is 0 Å². The van der Waals surface area contributed by atoms with E-state index in [4.69, 9.17) is 4.74 Å². The summed E-state index contributed by atoms with van der Waals surface area (Å²) in [5.74, 6) is 0.411. The zero-order valence-electron chi connectivity index (χ0n) is 19.3. The summed E-state index contributed by atoms with van der Waals surface area (Å²) in [5, 5.41) is 12.6. The molecule has 4 N–H and O–H groups in total. The van der Waals surface area contributed by atoms with Crippen LogP contribution in [-0.4, -0.2) is 65.8 Å². The molecule has 35 heavy (non-hydrogen) atoms. The topological polar surface area (TPSA) is 138 Å². The second kappa shape index (κ2) is 11.1. The van der Waals surface area contributed by atoms with Crippen LogP contribution in [-0.2, 0) is 11.3 Å². The number of pyridine rings is 2. The van der Waals surface area contributed by atoms with E-state index in [1.807, 2.05) is 37.3 Å². The lowest BCUT2D eigenvalue weighted by atomic mass is 9.96. The Hall–Kier alpha value is -4.41. The Morgan fingerprint density at radius 2 is 1.97 bits per heavy atom. The number of carbonyl (C=O) groups is 3. The summed E-state index contributed by atoms with van der Waals surface area (Å²) in [5.41, 5.74) is 2.75. The van der Waals surface area contributed by atoms with E-state index in [1.165, 1.54) is 0 Å². The van der Waals surface area contributed by atoms with E-state index in [2.05, 4.69) is 31.2 Å². The number of alkyl carbamates (subject to hydrolysis) is 1. The van der Waals surface area contributed by atoms with Crippen LogP contribution in [0.1, 0.15) is 12.5 Å². The third-order valence-electron chi connectivity index (χ3n) is 5.52. The van der Waals surface area contributed by atoms with Crippen LogP contribution >= 0.6 is 0 Å². The molecule has 1 fully saturated rings. The van der Waals surface area contributed by atoms with Crippen molar-refractivity contribution in [3.63, 3.8) is 0 Å². The molecule has 0 radical (unpaired) electrons. The number of fused-ring (bicyclic) bond motifs is 1. The molecule has 4 rings (SSSR count). The van der Waals surface area contributed by atoms with Crippen molar-refractivity contribution in [3.05, 3.63) is 54.5 Å². The molecule has 11 nitrogen and oxygen atoms in total. The van der Waals surface area contributed by atoms with Crippen LogP contribution in [0.2, 0.25) is 0 Å². The summed E-state index contributed by atoms with van der Waals surface area (Å²) in [7, 11) is 0. The van der Waals surface area contributed by atoms with Crippen LogP contribution < -0.4 is 21.3 Å². The summed E-state index contributed by atoms with van der Waals surface area (Å²) in [6.45, 7) is 4.21. The van der Waals surface area contributed by atoms with Crippen LogP contribution in [0.4, 0.5) is 20.2 Å². The highest BCUT2D eigenvalue weighted by Gasteiger charge is 2.19. The number of rotatable bonds is 8. The van der Waals surface area contributed by atoms with Crippen molar-refractivity contribution in [2.45, 2.75) is 13.5 Å². The Morgan fingerprint density at radius 3 is 2.71 bits per heavy atom. The molecular weight excluding hydrogens is 450 g/mol. The van der Waals surface area contributed by atoms with Gasteiger partial charge < -0.3 is 25.6 Å². The Bertz CT molecular complexity index is 1220. The number of carbonyl (C=O) groups excluding carboxylic acids is 3. The fraction of sp³-hybridized carbons (Fsp3) is 0.292. The molecule has 11 heteroatoms. The monoisotopic (exact) mass is 477 g/mol. The summed E-state index contributed by atoms with van der Waals surface area (Å²) in [6.07, 6.45) is 4.54. The number of anilines is 1. The van der Waals surface area contributed by atoms with Gasteiger partial charge in [0.1, 0.15) is 12.4 Å². The zero-order chi connectivity index (χ0) is 24.6. The minimum atomic E-state index is -0.571. The maximum atomic E-state index is 12.2. The molecule has 1 aromatic carbocycles. The standard InChI is InChI=1S/C24H27N7O4/c1-2-26-22(32)30-21-13-19-18(16-5-7-25-8-6-16)4-3-17(20(19)15-28-21)14-29-24(34)35-12-11-31-10-9-27-23(31)33/h3-8,13,15H,2,9-12,14H2,1H3,(H,27,33)(H,29,34)(H2,26,28,30,32). The van der Waals surface area contributed by atoms with Crippen LogP contribution in [0, 0.1) is 0 Å². The predicted molar refractivity (Wildman–Crippen MR) is 131 cm³/mol. The summed E-state index contributed by atoms with van der Waals surface area (Å²) >= 11 is 0. The molecule has 1 saturated heterocycles. The molecular formula is C24H27N7O4. The van der Waals surface area contributed by atoms with Crippen molar-refractivity contribution in [3.8, 4) is 11.1 Å². The van der Waals surface area contributed by atoms with Crippen molar-refractivity contribution in [1.82, 2.24) is 30.8 Å². The van der Waals surface area contributed by atoms with Gasteiger partial charge in [0.25, 0.3) is 0 Å². The first-order valence-electron chi connectivity index (χ1n) is 11.4. The maximum absolute atomic E-state index is 12.2. The molecule has 0 spiro atoms. The number of benzene rings is 1. The Morgan fingerprint density at radius 1 is 1.14 bits per heavy atom. The van der Waals surface area contributed by atoms with Gasteiger partial charge in [-0.2, -0.15) is 0 Å². The summed E-state index contributed by atoms with van der Waals surface area (Å²) < 4.78 is 5.22. The van der Waals surface area contributed by atoms with E-state index in [9.17, 15) is 14.4 Å². The average molecular weight is 478 g/mol. The minimum absolute atomic E-state index is 0.109. The van der Waals surface area contributed by atoms with Crippen LogP contribution in [0.5, 0.6) is 0 Å². The van der Waals surface area contributed by atoms with Gasteiger partial charge in [-0.1, -0.05) is 12.1 Å². The first kappa shape index (κ1) is 23.7. The van der Waals surface area contributed by atoms with E-state index in [1.54, 1.807) is 23.5 Å². The average Bonchev–Trinajstić information content (AvgIpc) is 3.27. The molecule has 1 aliphatic rings. The smallest absolute Gasteiger partial charge is 0.407 e. The number of nitrogens with zero attached hydrogens (tertiary/aromatic N) is 3. The quantitative estimate of drug-likeness (QED) is 0.394. The van der Waals surface area contributed by atoms with Crippen molar-refractivity contribution in [2.24, 2.45) is 0 Å². The second-order valence-corrected chi connectivity index (χ2v) is 7.82. The Labute approximate surface area is 202 Å². The molecule has 0 saturated carbocycles. The largest absolute Gasteiger partial charge is 0.448 e. The third kappa shape index (κ3) is 5.94. The van der Waals surface area contributed by atoms with Gasteiger partial charge in [0.15, 0.2) is 0 Å². The van der Waals surface area contributed by atoms with E-state index in [-0.39, 0.29) is 25.2 Å². The highest BCUT2D eigenvalue weighted by atomic mass is 16.5. The number of hydrogen-bond acceptors (Lipinski definition) is 6. The number of urea groups is 2. The van der Waals surface area contributed by atoms with Gasteiger partial charge >= 0.3 is 18.2 Å². The molecule has 3 heterocycles. The van der Waals surface area contributed by atoms with Gasteiger partial charge in [-0.25, -0.2) is 19.4 Å². The molecule has 2 aromatic heterocycles. The highest BCUT2D eigenvalue weighted by molar-refractivity contribution is 6.00. The predicted octanol–water partition coefficient (Wildman–Crippen LogP) is 2.69. The first-order chi connectivity index (χ1) is 17.0. The molecule has 0 unspecified atom stereocenters. The van der Waals surface area contributed by atoms with Gasteiger partial charge in [0.2, 0.25) is 0 Å². The lowest BCUT2D eigenvalue weighted by Gasteiger charge is -2.15. The first-order valence-corrected chi connectivity index (χ1v) is 11.4. The molecule has 0 atom stereocenters. The van der Waals surface area contributed by atoms with E-state index in [0.717, 1.165) is 27.5 Å². The van der Waals surface area contributed by atoms with Crippen molar-refractivity contribution < 1.29 is 19.1 Å². The van der Waals surface area contributed by atoms with Gasteiger partial charge in [-0.15, -0.1) is 0 Å². The maximum Gasteiger partial charge on any atom is 0.407 e. The number of aromatic nitrogens is 2. The lowest BCUT2D eigenvalue weighted by molar-refractivity contribution is 0.134. The van der Waals surface area contributed by atoms with Gasteiger partial charge in [-0.05, 0) is 47.2 Å². The number of hydrogen-bond donors (Lipinski definition) is 4. The molecule has 0 bridgehead atoms. The van der Waals surface area contributed by atoms with Crippen LogP contribution in [0.3, 0.4) is 0 Å². The van der Waals surface area contributed by atoms with Crippen molar-refractivity contribution >= 4 is 34.7 Å². The normalized spacial score (nSPS) is 12.8. The second-order valence-electron chi connectivity index (χ2n) is 7.82. The van der Waals surface area contributed by atoms with Gasteiger partial charge in [0, 0.05) is 50.2 Å². The van der Waals surface area contributed by atoms with Crippen LogP contribution in [0.25, 0.3) is 21.9 Å². The summed E-state index contributed by atoms with van der Waals surface area (Å²) in [4.78, 5) is 45.8. The third-order valence-corrected chi connectivity index (χ3v) is 5.52. The Kier molecular flexibility index (Phi) is 7.56. The van der Waals surface area contributed by atoms with Gasteiger partial charge in [-0.3, -0.25) is 10.3 Å². The number of amides is 5. The molecule has 3 aromatic rings. The van der Waals surface area contributed by atoms with Crippen LogP contribution in [0.15, 0.2) is 48.9 Å². The fourth-order valence-electron chi connectivity index (χ4n) is 3.82. The molecule has 0 aliphatic carbocycles. The Balaban J connectivity index is 1.50. The highest BCUT2D eigenvalue weighted by Crippen LogP contribution is 2.31. The fourth-order valence-corrected chi connectivity index (χ4v) is 3.82. The zero-order valence-corrected chi connectivity index (χ0v) is 19.3. The minimum Gasteiger partial charge on any atom is -0.448 e. The lowest BCUT2D eigenvalue weighted by Crippen LogP contribution is -2.33. The summed E-state index contributed by atoms with van der Waals surface area (Å²) in [6, 6.07) is 9.01. The SMILES string of the molecule is CCNC(=O)Nc1cc2c(-c3ccncc3)ccc(CNC(=O)OCCN3CCNC3=O)c2cn1. The molecule has 1 aliphatic heterocycles. The number of nitrogens with one attached hydrogen (secondary N) is 4. The van der Waals surface area contributed by atoms with E-state index < -0.39 is 6.09 Å². The molecule has 5 amide bonds. The molecule has 182 valence electrons.